The molecule has 0 saturated carbocycles. The molecule has 0 radical (unpaired) electrons. The molecule has 0 spiro atoms. The fourth-order valence-electron chi connectivity index (χ4n) is 0. The summed E-state index contributed by atoms with van der Waals surface area (Å²) in [6.45, 7) is 0. The van der Waals surface area contributed by atoms with E-state index in [4.69, 9.17) is 79.2 Å². The summed E-state index contributed by atoms with van der Waals surface area (Å²) in [6, 6.07) is 0. The predicted octanol–water partition coefficient (Wildman–Crippen LogP) is -39.7. The first-order chi connectivity index (χ1) is 10.6. The van der Waals surface area contributed by atoms with Crippen LogP contribution in [0.3, 0.4) is 0 Å². The van der Waals surface area contributed by atoms with Crippen LogP contribution in [-0.2, 0) is 38.4 Å². The number of hydrogen-bond acceptors (Lipinski definition) is 16. The maximum Gasteiger partial charge on any atom is 1.00 e. The van der Waals surface area contributed by atoms with Gasteiger partial charge in [0.05, 0.1) is 47.8 Å². The number of hydrogen-bond donors (Lipinski definition) is 0. The summed E-state index contributed by atoms with van der Waals surface area (Å²) >= 11 is 0. The van der Waals surface area contributed by atoms with Crippen molar-refractivity contribution in [1.82, 2.24) is 0 Å². The minimum atomic E-state index is -2.19. The number of carboxylic acid groups (broad SMARTS) is 8. The second-order valence-corrected chi connectivity index (χ2v) is 2.30. The van der Waals surface area contributed by atoms with Crippen LogP contribution in [0.4, 0.5) is 0 Å². The van der Waals surface area contributed by atoms with Gasteiger partial charge in [-0.05, 0) is 0 Å². The van der Waals surface area contributed by atoms with Gasteiger partial charge in [0.1, 0.15) is 0 Å². The summed E-state index contributed by atoms with van der Waals surface area (Å²) in [5, 5.41) is 71.4. The molecule has 0 aliphatic heterocycles. The molecule has 0 aliphatic rings. The molecular formula is C8H4Cs8O18. The summed E-state index contributed by atoms with van der Waals surface area (Å²) in [6.07, 6.45) is 0. The van der Waals surface area contributed by atoms with Crippen molar-refractivity contribution in [1.29, 1.82) is 0 Å². The van der Waals surface area contributed by atoms with E-state index in [1.165, 1.54) is 0 Å². The SMILES string of the molecule is O.O.O=C([O-])C(=O)[O-].O=C([O-])C(=O)[O-].O=C([O-])C(=O)[O-].O=C([O-])C(=O)[O-].[Cs+].[Cs+].[Cs+].[Cs+].[Cs+].[Cs+].[Cs+].[Cs+]. The third kappa shape index (κ3) is 104. The molecule has 18 nitrogen and oxygen atoms in total. The zero-order valence-electron chi connectivity index (χ0n) is 19.5. The maximum atomic E-state index is 8.93. The minimum absolute atomic E-state index is 0. The topological polar surface area (TPSA) is 384 Å². The van der Waals surface area contributed by atoms with Crippen LogP contribution in [0.1, 0.15) is 0 Å². The Morgan fingerprint density at radius 1 is 0.235 bits per heavy atom. The van der Waals surface area contributed by atoms with Crippen LogP contribution >= 0.6 is 0 Å². The Balaban J connectivity index is -0.0000000119. The third-order valence-corrected chi connectivity index (χ3v) is 0.667. The van der Waals surface area contributed by atoms with Gasteiger partial charge in [-0.25, -0.2) is 0 Å². The van der Waals surface area contributed by atoms with E-state index in [1.54, 1.807) is 0 Å². The van der Waals surface area contributed by atoms with Gasteiger partial charge in [0.15, 0.2) is 0 Å². The van der Waals surface area contributed by atoms with Crippen molar-refractivity contribution in [3.8, 4) is 0 Å². The van der Waals surface area contributed by atoms with E-state index in [-0.39, 0.29) is 562 Å². The molecule has 0 aromatic carbocycles. The Hall–Kier alpha value is 12.1. The van der Waals surface area contributed by atoms with Gasteiger partial charge in [-0.3, -0.25) is 0 Å². The monoisotopic (exact) mass is 1450 g/mol. The number of carbonyl (C=O) groups is 8. The first-order valence-electron chi connectivity index (χ1n) is 4.27. The molecule has 0 rings (SSSR count). The molecule has 0 fully saturated rings. The minimum Gasteiger partial charge on any atom is -0.543 e. The summed E-state index contributed by atoms with van der Waals surface area (Å²) in [5.41, 5.74) is 0. The average Bonchev–Trinajstić information content (AvgIpc) is 2.40. The van der Waals surface area contributed by atoms with E-state index in [9.17, 15) is 0 Å². The zero-order valence-corrected chi connectivity index (χ0v) is 69.8. The van der Waals surface area contributed by atoms with Crippen LogP contribution < -0.4 is 592 Å². The average molecular weight is 1450 g/mol. The van der Waals surface area contributed by atoms with Gasteiger partial charge in [0, 0.05) is 0 Å². The van der Waals surface area contributed by atoms with Crippen molar-refractivity contribution in [3.05, 3.63) is 0 Å². The fourth-order valence-corrected chi connectivity index (χ4v) is 0. The fraction of sp³-hybridized carbons (Fsp3) is 0. The summed E-state index contributed by atoms with van der Waals surface area (Å²) in [7, 11) is 0. The van der Waals surface area contributed by atoms with E-state index in [0.29, 0.717) is 0 Å². The van der Waals surface area contributed by atoms with Crippen molar-refractivity contribution in [2.24, 2.45) is 0 Å². The molecule has 0 amide bonds. The molecule has 152 valence electrons. The number of aliphatic carboxylic acids is 8. The molecule has 34 heavy (non-hydrogen) atoms. The Labute approximate surface area is 661 Å². The Morgan fingerprint density at radius 2 is 0.265 bits per heavy atom. The van der Waals surface area contributed by atoms with Crippen molar-refractivity contribution >= 4 is 47.8 Å². The Bertz CT molecular complexity index is 410. The van der Waals surface area contributed by atoms with Gasteiger partial charge < -0.3 is 90.2 Å². The second-order valence-electron chi connectivity index (χ2n) is 2.30. The molecule has 0 aromatic heterocycles. The van der Waals surface area contributed by atoms with Crippen LogP contribution in [0.25, 0.3) is 0 Å². The van der Waals surface area contributed by atoms with Crippen LogP contribution in [0.5, 0.6) is 0 Å². The van der Waals surface area contributed by atoms with Crippen molar-refractivity contribution in [2.45, 2.75) is 0 Å². The second kappa shape index (κ2) is 67.3. The maximum absolute atomic E-state index is 8.93. The van der Waals surface area contributed by atoms with Crippen LogP contribution in [-0.4, -0.2) is 58.7 Å². The predicted molar refractivity (Wildman–Crippen MR) is 47.3 cm³/mol. The van der Waals surface area contributed by atoms with E-state index in [0.717, 1.165) is 0 Å². The normalized spacial score (nSPS) is 5.18. The van der Waals surface area contributed by atoms with E-state index in [1.807, 2.05) is 0 Å². The summed E-state index contributed by atoms with van der Waals surface area (Å²) in [4.78, 5) is 71.4. The third-order valence-electron chi connectivity index (χ3n) is 0.667. The molecule has 4 N–H and O–H groups in total. The Kier molecular flexibility index (Phi) is 180. The molecule has 0 unspecified atom stereocenters. The van der Waals surface area contributed by atoms with Crippen molar-refractivity contribution in [2.75, 3.05) is 0 Å². The first-order valence-corrected chi connectivity index (χ1v) is 4.27. The molecule has 0 aliphatic carbocycles. The number of carboxylic acids is 8. The molecule has 0 heterocycles. The number of rotatable bonds is 0. The first kappa shape index (κ1) is 91.0. The summed E-state index contributed by atoms with van der Waals surface area (Å²) in [5.74, 6) is -17.5. The standard InChI is InChI=1S/4C2H2O4.8Cs.2H2O/c4*3-1(4)2(5)6;;;;;;;;;;/h4*(H,3,4)(H,5,6);;;;;;;;;2*1H2/q;;;;8*+1;;/p-8. The summed E-state index contributed by atoms with van der Waals surface area (Å²) < 4.78 is 0. The van der Waals surface area contributed by atoms with E-state index < -0.39 is 47.8 Å². The van der Waals surface area contributed by atoms with Gasteiger partial charge in [-0.15, -0.1) is 0 Å². The van der Waals surface area contributed by atoms with Gasteiger partial charge in [-0.2, -0.15) is 0 Å². The quantitative estimate of drug-likeness (QED) is 0.203. The Morgan fingerprint density at radius 3 is 0.265 bits per heavy atom. The van der Waals surface area contributed by atoms with E-state index >= 15 is 0 Å². The number of carbonyl (C=O) groups excluding carboxylic acids is 8. The smallest absolute Gasteiger partial charge is 0.543 e. The van der Waals surface area contributed by atoms with E-state index in [2.05, 4.69) is 0 Å². The van der Waals surface area contributed by atoms with Crippen LogP contribution in [0, 0.1) is 0 Å². The molecule has 0 saturated heterocycles. The van der Waals surface area contributed by atoms with Gasteiger partial charge in [0.25, 0.3) is 0 Å². The van der Waals surface area contributed by atoms with Gasteiger partial charge >= 0.3 is 551 Å². The molecule has 26 heteroatoms. The van der Waals surface area contributed by atoms with Crippen LogP contribution in [0.15, 0.2) is 0 Å². The zero-order chi connectivity index (χ0) is 20.6. The molecule has 0 bridgehead atoms. The van der Waals surface area contributed by atoms with Gasteiger partial charge in [0.2, 0.25) is 0 Å². The largest absolute Gasteiger partial charge is 1.00 e. The van der Waals surface area contributed by atoms with Gasteiger partial charge in [-0.1, -0.05) is 0 Å². The van der Waals surface area contributed by atoms with Crippen molar-refractivity contribution < 1.29 is 641 Å². The van der Waals surface area contributed by atoms with Crippen LogP contribution in [0.2, 0.25) is 0 Å². The molecule has 0 aromatic rings. The molecular weight excluding hydrogens is 1450 g/mol. The van der Waals surface area contributed by atoms with Crippen molar-refractivity contribution in [3.63, 3.8) is 0 Å². The molecule has 0 atom stereocenters.